The van der Waals surface area contributed by atoms with Crippen molar-refractivity contribution in [3.63, 3.8) is 0 Å². The third kappa shape index (κ3) is 2.88. The van der Waals surface area contributed by atoms with Gasteiger partial charge in [0.05, 0.1) is 6.10 Å². The number of rotatable bonds is 2. The molecular weight excluding hydrogens is 470 g/mol. The number of fused-ring (bicyclic) bond motifs is 6. The van der Waals surface area contributed by atoms with Crippen LogP contribution in [0.5, 0.6) is 0 Å². The Morgan fingerprint density at radius 2 is 1.91 bits per heavy atom. The van der Waals surface area contributed by atoms with Crippen molar-refractivity contribution in [3.05, 3.63) is 23.8 Å². The molecule has 34 heavy (non-hydrogen) atoms. The van der Waals surface area contributed by atoms with E-state index in [0.717, 1.165) is 23.5 Å². The van der Waals surface area contributed by atoms with Gasteiger partial charge in [-0.15, -0.1) is 23.5 Å². The first-order valence-corrected chi connectivity index (χ1v) is 14.5. The molecule has 1 N–H and O–H groups in total. The van der Waals surface area contributed by atoms with Crippen LogP contribution in [0.15, 0.2) is 23.8 Å². The molecule has 0 aromatic rings. The Morgan fingerprint density at radius 3 is 2.59 bits per heavy atom. The number of methoxy groups -OCH3 is 1. The van der Waals surface area contributed by atoms with Crippen molar-refractivity contribution in [2.75, 3.05) is 25.3 Å². The number of thioether (sulfide) groups is 2. The molecule has 0 radical (unpaired) electrons. The summed E-state index contributed by atoms with van der Waals surface area (Å²) in [4.78, 5) is 41.8. The van der Waals surface area contributed by atoms with Gasteiger partial charge in [0, 0.05) is 59.0 Å². The van der Waals surface area contributed by atoms with Crippen LogP contribution in [-0.2, 0) is 19.1 Å². The highest BCUT2D eigenvalue weighted by atomic mass is 32.2. The Kier molecular flexibility index (Phi) is 5.28. The van der Waals surface area contributed by atoms with E-state index < -0.39 is 22.5 Å². The van der Waals surface area contributed by atoms with Gasteiger partial charge in [-0.2, -0.15) is 0 Å². The van der Waals surface area contributed by atoms with Gasteiger partial charge in [-0.05, 0) is 43.3 Å². The molecule has 6 nitrogen and oxygen atoms in total. The predicted molar refractivity (Wildman–Crippen MR) is 132 cm³/mol. The number of likely N-dealkylation sites (tertiary alicyclic amines) is 1. The minimum atomic E-state index is -1.71. The second-order valence-electron chi connectivity index (χ2n) is 11.5. The normalized spacial score (nSPS) is 49.4. The number of amides is 1. The first kappa shape index (κ1) is 23.3. The van der Waals surface area contributed by atoms with Crippen LogP contribution < -0.4 is 0 Å². The number of allylic oxidation sites excluding steroid dienone is 4. The van der Waals surface area contributed by atoms with Crippen LogP contribution in [0.4, 0.5) is 0 Å². The van der Waals surface area contributed by atoms with E-state index in [1.807, 2.05) is 41.4 Å². The molecule has 0 aromatic heterocycles. The number of hydrogen-bond acceptors (Lipinski definition) is 7. The lowest BCUT2D eigenvalue weighted by atomic mass is 9.47. The van der Waals surface area contributed by atoms with Gasteiger partial charge in [0.25, 0.3) is 5.91 Å². The van der Waals surface area contributed by atoms with E-state index in [1.54, 1.807) is 19.3 Å². The van der Waals surface area contributed by atoms with Crippen molar-refractivity contribution < 1.29 is 24.2 Å². The highest BCUT2D eigenvalue weighted by Gasteiger charge is 2.73. The molecule has 2 saturated heterocycles. The van der Waals surface area contributed by atoms with E-state index in [0.29, 0.717) is 30.0 Å². The van der Waals surface area contributed by atoms with Gasteiger partial charge in [-0.25, -0.2) is 0 Å². The Balaban J connectivity index is 1.36. The van der Waals surface area contributed by atoms with E-state index in [4.69, 9.17) is 4.74 Å². The van der Waals surface area contributed by atoms with Crippen LogP contribution in [0.25, 0.3) is 0 Å². The molecule has 9 atom stereocenters. The Morgan fingerprint density at radius 1 is 1.21 bits per heavy atom. The standard InChI is InChI=1S/C26H33NO5S2/c1-24-7-6-15(28)8-14(24)4-5-16-17-9-21(32-3)26(31,25(17,2)10-18(29)22(16)24)23(30)27-11-19-20(12-27)34-13-33-19/h6-8,16-17,19-22,31H,4-5,9-13H2,1-3H3/t16-,17-,19+,20?,21+,22+,24-,25-,26-/m0/s1. The molecule has 3 saturated carbocycles. The summed E-state index contributed by atoms with van der Waals surface area (Å²) in [6, 6.07) is 0. The van der Waals surface area contributed by atoms with Crippen LogP contribution in [0.3, 0.4) is 0 Å². The molecule has 0 bridgehead atoms. The highest BCUT2D eigenvalue weighted by Crippen LogP contribution is 2.66. The van der Waals surface area contributed by atoms with Crippen LogP contribution in [0.2, 0.25) is 0 Å². The highest BCUT2D eigenvalue weighted by molar-refractivity contribution is 8.19. The quantitative estimate of drug-likeness (QED) is 0.620. The minimum Gasteiger partial charge on any atom is -0.378 e. The largest absolute Gasteiger partial charge is 0.378 e. The molecule has 1 unspecified atom stereocenters. The van der Waals surface area contributed by atoms with Gasteiger partial charge >= 0.3 is 0 Å². The lowest BCUT2D eigenvalue weighted by molar-refractivity contribution is -0.189. The number of carbonyl (C=O) groups excluding carboxylic acids is 3. The number of Topliss-reactive ketones (excluding diaryl/α,β-unsaturated/α-hetero) is 1. The summed E-state index contributed by atoms with van der Waals surface area (Å²) in [5.74, 6) is -0.339. The van der Waals surface area contributed by atoms with Crippen molar-refractivity contribution in [1.82, 2.24) is 4.90 Å². The fourth-order valence-electron chi connectivity index (χ4n) is 8.35. The number of carbonyl (C=O) groups is 3. The van der Waals surface area contributed by atoms with Gasteiger partial charge in [0.2, 0.25) is 0 Å². The molecule has 5 fully saturated rings. The van der Waals surface area contributed by atoms with E-state index in [2.05, 4.69) is 6.92 Å². The summed E-state index contributed by atoms with van der Waals surface area (Å²) in [6.45, 7) is 5.35. The lowest BCUT2D eigenvalue weighted by Crippen LogP contribution is -2.65. The van der Waals surface area contributed by atoms with E-state index in [1.165, 1.54) is 0 Å². The van der Waals surface area contributed by atoms with Crippen LogP contribution in [0.1, 0.15) is 39.5 Å². The summed E-state index contributed by atoms with van der Waals surface area (Å²) in [5, 5.41) is 14.2. The summed E-state index contributed by atoms with van der Waals surface area (Å²) >= 11 is 3.79. The van der Waals surface area contributed by atoms with Gasteiger partial charge in [0.15, 0.2) is 11.4 Å². The van der Waals surface area contributed by atoms with Crippen molar-refractivity contribution in [2.45, 2.75) is 61.7 Å². The third-order valence-corrected chi connectivity index (χ3v) is 13.2. The zero-order chi connectivity index (χ0) is 24.0. The number of ketones is 2. The average Bonchev–Trinajstić information content (AvgIpc) is 3.45. The molecular formula is C26H33NO5S2. The Hall–Kier alpha value is -1.09. The SMILES string of the molecule is CO[C@@H]1C[C@H]2[C@@H]3CCC4=CC(=O)C=C[C@]4(C)[C@H]3C(=O)C[C@]2(C)[C@@]1(O)C(=O)N1CC2SCS[C@@H]2C1. The van der Waals surface area contributed by atoms with Gasteiger partial charge in [-0.3, -0.25) is 14.4 Å². The number of hydrogen-bond donors (Lipinski definition) is 1. The lowest BCUT2D eigenvalue weighted by Gasteiger charge is -2.56. The maximum Gasteiger partial charge on any atom is 0.257 e. The maximum absolute atomic E-state index is 14.0. The number of ether oxygens (including phenoxy) is 1. The second-order valence-corrected chi connectivity index (χ2v) is 14.3. The van der Waals surface area contributed by atoms with E-state index >= 15 is 0 Å². The van der Waals surface area contributed by atoms with Crippen LogP contribution in [0, 0.1) is 28.6 Å². The van der Waals surface area contributed by atoms with Crippen molar-refractivity contribution >= 4 is 41.0 Å². The molecule has 8 heteroatoms. The summed E-state index contributed by atoms with van der Waals surface area (Å²) in [5.41, 5.74) is -2.00. The zero-order valence-electron chi connectivity index (χ0n) is 20.0. The summed E-state index contributed by atoms with van der Waals surface area (Å²) in [7, 11) is 1.58. The fourth-order valence-corrected chi connectivity index (χ4v) is 11.7. The predicted octanol–water partition coefficient (Wildman–Crippen LogP) is 2.85. The van der Waals surface area contributed by atoms with Gasteiger partial charge < -0.3 is 14.7 Å². The third-order valence-electron chi connectivity index (χ3n) is 10.1. The fraction of sp³-hybridized carbons (Fsp3) is 0.731. The van der Waals surface area contributed by atoms with Crippen molar-refractivity contribution in [3.8, 4) is 0 Å². The molecule has 0 spiro atoms. The zero-order valence-corrected chi connectivity index (χ0v) is 21.6. The first-order valence-electron chi connectivity index (χ1n) is 12.4. The number of nitrogens with zero attached hydrogens (tertiary/aromatic N) is 1. The van der Waals surface area contributed by atoms with Crippen molar-refractivity contribution in [1.29, 1.82) is 0 Å². The summed E-state index contributed by atoms with van der Waals surface area (Å²) < 4.78 is 5.83. The van der Waals surface area contributed by atoms with Crippen LogP contribution in [-0.4, -0.2) is 75.0 Å². The molecule has 2 aliphatic heterocycles. The van der Waals surface area contributed by atoms with Crippen LogP contribution >= 0.6 is 23.5 Å². The molecule has 6 aliphatic rings. The van der Waals surface area contributed by atoms with E-state index in [-0.39, 0.29) is 41.6 Å². The minimum absolute atomic E-state index is 0.00403. The molecule has 2 heterocycles. The molecule has 184 valence electrons. The van der Waals surface area contributed by atoms with Crippen molar-refractivity contribution in [2.24, 2.45) is 28.6 Å². The Labute approximate surface area is 209 Å². The smallest absolute Gasteiger partial charge is 0.257 e. The summed E-state index contributed by atoms with van der Waals surface area (Å²) in [6.07, 6.45) is 6.91. The molecule has 0 aromatic carbocycles. The average molecular weight is 504 g/mol. The molecule has 4 aliphatic carbocycles. The maximum atomic E-state index is 14.0. The monoisotopic (exact) mass is 503 g/mol. The van der Waals surface area contributed by atoms with Gasteiger partial charge in [-0.1, -0.05) is 25.5 Å². The molecule has 6 rings (SSSR count). The molecule has 1 amide bonds. The Bertz CT molecular complexity index is 1010. The number of aliphatic hydroxyl groups is 1. The second kappa shape index (κ2) is 7.70. The first-order chi connectivity index (χ1) is 16.1. The topological polar surface area (TPSA) is 83.9 Å². The van der Waals surface area contributed by atoms with Gasteiger partial charge in [0.1, 0.15) is 5.78 Å². The van der Waals surface area contributed by atoms with E-state index in [9.17, 15) is 19.5 Å².